The SMILES string of the molecule is COc1cc(C)c(S(=O)(=O)N(C)C2(C(=O)CCC(=O)N(C)Cc3ccc(N4CCC(N(C)C)C4)cc3)CC2)c(C)c1. The van der Waals surface area contributed by atoms with E-state index in [1.807, 2.05) is 0 Å². The first-order chi connectivity index (χ1) is 19.3. The number of ether oxygens (including phenoxy) is 1. The quantitative estimate of drug-likeness (QED) is 0.377. The fourth-order valence-corrected chi connectivity index (χ4v) is 7.86. The molecule has 1 aliphatic heterocycles. The predicted molar refractivity (Wildman–Crippen MR) is 161 cm³/mol. The Kier molecular flexibility index (Phi) is 9.16. The third-order valence-electron chi connectivity index (χ3n) is 8.74. The molecular formula is C31H44N4O5S. The van der Waals surface area contributed by atoms with Crippen molar-refractivity contribution in [3.8, 4) is 5.75 Å². The van der Waals surface area contributed by atoms with E-state index in [9.17, 15) is 18.0 Å². The number of anilines is 1. The molecule has 1 aliphatic carbocycles. The maximum Gasteiger partial charge on any atom is 0.244 e. The van der Waals surface area contributed by atoms with Crippen LogP contribution in [0.25, 0.3) is 0 Å². The molecule has 0 N–H and O–H groups in total. The van der Waals surface area contributed by atoms with E-state index in [0.29, 0.717) is 42.3 Å². The van der Waals surface area contributed by atoms with Gasteiger partial charge in [-0.2, -0.15) is 4.31 Å². The Morgan fingerprint density at radius 3 is 2.12 bits per heavy atom. The molecule has 41 heavy (non-hydrogen) atoms. The molecule has 1 amide bonds. The lowest BCUT2D eigenvalue weighted by molar-refractivity contribution is -0.133. The molecule has 0 radical (unpaired) electrons. The van der Waals surface area contributed by atoms with E-state index in [4.69, 9.17) is 4.74 Å². The number of carbonyl (C=O) groups is 2. The van der Waals surface area contributed by atoms with E-state index in [2.05, 4.69) is 48.2 Å². The van der Waals surface area contributed by atoms with Crippen LogP contribution >= 0.6 is 0 Å². The van der Waals surface area contributed by atoms with Crippen molar-refractivity contribution in [1.29, 1.82) is 0 Å². The van der Waals surface area contributed by atoms with Crippen LogP contribution in [0, 0.1) is 13.8 Å². The highest BCUT2D eigenvalue weighted by molar-refractivity contribution is 7.89. The molecule has 1 heterocycles. The summed E-state index contributed by atoms with van der Waals surface area (Å²) in [5.41, 5.74) is 2.26. The maximum absolute atomic E-state index is 13.6. The van der Waals surface area contributed by atoms with Crippen LogP contribution in [0.3, 0.4) is 0 Å². The van der Waals surface area contributed by atoms with Crippen molar-refractivity contribution in [1.82, 2.24) is 14.1 Å². The summed E-state index contributed by atoms with van der Waals surface area (Å²) in [6, 6.07) is 12.2. The summed E-state index contributed by atoms with van der Waals surface area (Å²) in [6.07, 6.45) is 2.11. The van der Waals surface area contributed by atoms with Crippen LogP contribution in [0.5, 0.6) is 5.75 Å². The van der Waals surface area contributed by atoms with Crippen LogP contribution in [0.2, 0.25) is 0 Å². The molecule has 2 fully saturated rings. The Morgan fingerprint density at radius 1 is 1.00 bits per heavy atom. The molecule has 10 heteroatoms. The fraction of sp³-hybridized carbons (Fsp3) is 0.548. The topological polar surface area (TPSA) is 90.5 Å². The first kappa shape index (κ1) is 31.0. The van der Waals surface area contributed by atoms with E-state index in [1.165, 1.54) is 24.2 Å². The van der Waals surface area contributed by atoms with Gasteiger partial charge >= 0.3 is 0 Å². The standard InChI is InChI=1S/C31H44N4O5S/c1-22-18-27(40-7)19-23(2)30(22)41(38,39)34(6)31(15-16-31)28(36)12-13-29(37)33(5)20-24-8-10-25(11-9-24)35-17-14-26(21-35)32(3)4/h8-11,18-19,26H,12-17,20-21H2,1-7H3. The van der Waals surface area contributed by atoms with Crippen LogP contribution in [0.4, 0.5) is 5.69 Å². The zero-order valence-corrected chi connectivity index (χ0v) is 26.3. The number of nitrogens with zero attached hydrogens (tertiary/aromatic N) is 4. The number of ketones is 1. The minimum Gasteiger partial charge on any atom is -0.497 e. The molecule has 0 bridgehead atoms. The van der Waals surface area contributed by atoms with Gasteiger partial charge in [0, 0.05) is 58.3 Å². The third kappa shape index (κ3) is 6.44. The van der Waals surface area contributed by atoms with Gasteiger partial charge in [0.2, 0.25) is 15.9 Å². The molecule has 224 valence electrons. The van der Waals surface area contributed by atoms with Gasteiger partial charge in [-0.05, 0) is 88.2 Å². The molecule has 0 spiro atoms. The second kappa shape index (κ2) is 12.1. The van der Waals surface area contributed by atoms with Crippen molar-refractivity contribution < 1.29 is 22.7 Å². The first-order valence-corrected chi connectivity index (χ1v) is 15.7. The Bertz CT molecular complexity index is 1360. The van der Waals surface area contributed by atoms with Crippen LogP contribution in [-0.2, 0) is 26.2 Å². The number of sulfonamides is 1. The number of aryl methyl sites for hydroxylation is 2. The van der Waals surface area contributed by atoms with Crippen molar-refractivity contribution in [2.45, 2.75) is 69.0 Å². The van der Waals surface area contributed by atoms with Crippen LogP contribution in [0.1, 0.15) is 48.8 Å². The van der Waals surface area contributed by atoms with Gasteiger partial charge in [-0.3, -0.25) is 9.59 Å². The molecule has 1 saturated carbocycles. The lowest BCUT2D eigenvalue weighted by atomic mass is 10.1. The van der Waals surface area contributed by atoms with Gasteiger partial charge < -0.3 is 19.4 Å². The minimum absolute atomic E-state index is 0.00451. The third-order valence-corrected chi connectivity index (χ3v) is 11.0. The van der Waals surface area contributed by atoms with E-state index >= 15 is 0 Å². The average Bonchev–Trinajstić information content (AvgIpc) is 3.59. The van der Waals surface area contributed by atoms with Crippen molar-refractivity contribution in [3.63, 3.8) is 0 Å². The number of hydrogen-bond donors (Lipinski definition) is 0. The first-order valence-electron chi connectivity index (χ1n) is 14.2. The van der Waals surface area contributed by atoms with Gasteiger partial charge in [-0.25, -0.2) is 8.42 Å². The molecule has 1 unspecified atom stereocenters. The highest BCUT2D eigenvalue weighted by Gasteiger charge is 2.56. The van der Waals surface area contributed by atoms with Crippen LogP contribution in [0.15, 0.2) is 41.3 Å². The van der Waals surface area contributed by atoms with Crippen molar-refractivity contribution in [2.24, 2.45) is 0 Å². The second-order valence-electron chi connectivity index (χ2n) is 11.8. The van der Waals surface area contributed by atoms with E-state index in [0.717, 1.165) is 25.1 Å². The molecule has 9 nitrogen and oxygen atoms in total. The molecule has 1 atom stereocenters. The molecule has 2 aromatic rings. The Hall–Kier alpha value is -2.95. The summed E-state index contributed by atoms with van der Waals surface area (Å²) in [5, 5.41) is 0. The highest BCUT2D eigenvalue weighted by Crippen LogP contribution is 2.46. The zero-order chi connectivity index (χ0) is 30.1. The summed E-state index contributed by atoms with van der Waals surface area (Å²) in [5.74, 6) is 0.237. The molecular weight excluding hydrogens is 540 g/mol. The van der Waals surface area contributed by atoms with Crippen molar-refractivity contribution in [2.75, 3.05) is 53.3 Å². The lowest BCUT2D eigenvalue weighted by Gasteiger charge is -2.28. The summed E-state index contributed by atoms with van der Waals surface area (Å²) in [6.45, 7) is 5.95. The van der Waals surface area contributed by atoms with Gasteiger partial charge in [-0.1, -0.05) is 12.1 Å². The van der Waals surface area contributed by atoms with E-state index in [-0.39, 0.29) is 29.4 Å². The second-order valence-corrected chi connectivity index (χ2v) is 13.7. The number of hydrogen-bond acceptors (Lipinski definition) is 7. The smallest absolute Gasteiger partial charge is 0.244 e. The highest BCUT2D eigenvalue weighted by atomic mass is 32.2. The van der Waals surface area contributed by atoms with Crippen LogP contribution < -0.4 is 9.64 Å². The van der Waals surface area contributed by atoms with Gasteiger partial charge in [-0.15, -0.1) is 0 Å². The van der Waals surface area contributed by atoms with Crippen molar-refractivity contribution in [3.05, 3.63) is 53.1 Å². The lowest BCUT2D eigenvalue weighted by Crippen LogP contribution is -2.45. The van der Waals surface area contributed by atoms with Gasteiger partial charge in [0.05, 0.1) is 17.5 Å². The summed E-state index contributed by atoms with van der Waals surface area (Å²) in [7, 11) is 5.06. The largest absolute Gasteiger partial charge is 0.497 e. The number of carbonyl (C=O) groups excluding carboxylic acids is 2. The van der Waals surface area contributed by atoms with Gasteiger partial charge in [0.15, 0.2) is 5.78 Å². The molecule has 2 aromatic carbocycles. The summed E-state index contributed by atoms with van der Waals surface area (Å²) < 4.78 is 33.7. The molecule has 1 saturated heterocycles. The summed E-state index contributed by atoms with van der Waals surface area (Å²) >= 11 is 0. The molecule has 2 aliphatic rings. The average molecular weight is 585 g/mol. The zero-order valence-electron chi connectivity index (χ0n) is 25.4. The van der Waals surface area contributed by atoms with Gasteiger partial charge in [0.1, 0.15) is 5.75 Å². The number of rotatable bonds is 12. The van der Waals surface area contributed by atoms with Gasteiger partial charge in [0.25, 0.3) is 0 Å². The maximum atomic E-state index is 13.6. The van der Waals surface area contributed by atoms with E-state index in [1.54, 1.807) is 37.9 Å². The molecule has 4 rings (SSSR count). The fourth-order valence-electron chi connectivity index (χ4n) is 5.91. The number of benzene rings is 2. The number of Topliss-reactive ketones (excluding diaryl/α,β-unsaturated/α-hetero) is 1. The number of methoxy groups -OCH3 is 1. The Balaban J connectivity index is 1.33. The minimum atomic E-state index is -3.92. The van der Waals surface area contributed by atoms with E-state index < -0.39 is 15.6 Å². The Labute approximate surface area is 245 Å². The number of amides is 1. The summed E-state index contributed by atoms with van der Waals surface area (Å²) in [4.78, 5) is 32.7. The Morgan fingerprint density at radius 2 is 1.61 bits per heavy atom. The molecule has 0 aromatic heterocycles. The normalized spacial score (nSPS) is 18.2. The van der Waals surface area contributed by atoms with Crippen molar-refractivity contribution >= 4 is 27.4 Å². The number of likely N-dealkylation sites (N-methyl/N-ethyl adjacent to an activating group) is 2. The predicted octanol–water partition coefficient (Wildman–Crippen LogP) is 3.61. The van der Waals surface area contributed by atoms with Crippen LogP contribution in [-0.4, -0.2) is 94.2 Å². The monoisotopic (exact) mass is 584 g/mol.